The number of rotatable bonds is 10. The molecule has 2 heterocycles. The van der Waals surface area contributed by atoms with Crippen molar-refractivity contribution in [2.24, 2.45) is 4.99 Å². The van der Waals surface area contributed by atoms with Gasteiger partial charge in [-0.15, -0.1) is 0 Å². The first-order valence-corrected chi connectivity index (χ1v) is 19.5. The van der Waals surface area contributed by atoms with Gasteiger partial charge in [0.2, 0.25) is 10.0 Å². The van der Waals surface area contributed by atoms with Crippen LogP contribution in [-0.2, 0) is 24.9 Å². The lowest BCUT2D eigenvalue weighted by Crippen LogP contribution is -2.55. The van der Waals surface area contributed by atoms with Gasteiger partial charge in [-0.05, 0) is 73.9 Å². The molecule has 2 aliphatic heterocycles. The number of benzene rings is 3. The van der Waals surface area contributed by atoms with Crippen molar-refractivity contribution in [2.75, 3.05) is 52.7 Å². The maximum Gasteiger partial charge on any atom is 0.326 e. The first kappa shape index (κ1) is 37.0. The lowest BCUT2D eigenvalue weighted by molar-refractivity contribution is -0.0259. The maximum atomic E-state index is 14.8. The van der Waals surface area contributed by atoms with E-state index in [0.29, 0.717) is 21.4 Å². The van der Waals surface area contributed by atoms with E-state index >= 15 is 0 Å². The standard InChI is InChI=1S/C33H39Cl2N5O7S2/c1-6-47-28-20-22(3)29(49(44,45)37(4)46-5)21-27(28)32-36-30(23-8-12-25(34)13-9-23)31(24-10-14-26(35)15-11-24)40(32)33(41)38-16-18-39(19-17-38)48(42,43)7-2/h8-15,20-21,30-31H,6-7,16-19H2,1-5H3/t30-,31+/m0/s1. The lowest BCUT2D eigenvalue weighted by Gasteiger charge is -2.38. The Labute approximate surface area is 297 Å². The normalized spacial score (nSPS) is 19.0. The van der Waals surface area contributed by atoms with Gasteiger partial charge in [0.15, 0.2) is 0 Å². The molecule has 12 nitrogen and oxygen atoms in total. The van der Waals surface area contributed by atoms with Gasteiger partial charge in [0, 0.05) is 43.3 Å². The summed E-state index contributed by atoms with van der Waals surface area (Å²) in [4.78, 5) is 28.1. The van der Waals surface area contributed by atoms with E-state index in [4.69, 9.17) is 37.8 Å². The van der Waals surface area contributed by atoms with Crippen LogP contribution in [0.15, 0.2) is 70.6 Å². The Morgan fingerprint density at radius 2 is 1.49 bits per heavy atom. The number of aliphatic imine (C=N–C) groups is 1. The number of carbonyl (C=O) groups is 1. The summed E-state index contributed by atoms with van der Waals surface area (Å²) >= 11 is 12.6. The van der Waals surface area contributed by atoms with Gasteiger partial charge in [0.05, 0.1) is 36.0 Å². The highest BCUT2D eigenvalue weighted by molar-refractivity contribution is 7.89. The molecule has 2 amide bonds. The van der Waals surface area contributed by atoms with Crippen LogP contribution in [0.3, 0.4) is 0 Å². The van der Waals surface area contributed by atoms with Crippen LogP contribution >= 0.6 is 23.2 Å². The highest BCUT2D eigenvalue weighted by atomic mass is 35.5. The van der Waals surface area contributed by atoms with Crippen molar-refractivity contribution in [1.82, 2.24) is 18.6 Å². The van der Waals surface area contributed by atoms with E-state index in [1.165, 1.54) is 24.5 Å². The maximum absolute atomic E-state index is 14.8. The number of sulfonamides is 2. The van der Waals surface area contributed by atoms with E-state index in [1.807, 2.05) is 24.3 Å². The van der Waals surface area contributed by atoms with E-state index in [2.05, 4.69) is 0 Å². The van der Waals surface area contributed by atoms with Crippen molar-refractivity contribution >= 4 is 55.1 Å². The number of hydrogen-bond donors (Lipinski definition) is 0. The molecule has 0 bridgehead atoms. The fourth-order valence-corrected chi connectivity index (χ4v) is 8.52. The zero-order chi connectivity index (χ0) is 35.7. The summed E-state index contributed by atoms with van der Waals surface area (Å²) in [5, 5.41) is 1.03. The summed E-state index contributed by atoms with van der Waals surface area (Å²) in [6, 6.07) is 15.5. The summed E-state index contributed by atoms with van der Waals surface area (Å²) in [6.45, 7) is 5.86. The number of halogens is 2. The van der Waals surface area contributed by atoms with Gasteiger partial charge < -0.3 is 9.64 Å². The lowest BCUT2D eigenvalue weighted by atomic mass is 9.93. The number of piperazine rings is 1. The van der Waals surface area contributed by atoms with Gasteiger partial charge >= 0.3 is 6.03 Å². The zero-order valence-corrected chi connectivity index (χ0v) is 31.0. The first-order valence-electron chi connectivity index (χ1n) is 15.7. The Kier molecular flexibility index (Phi) is 11.3. The van der Waals surface area contributed by atoms with E-state index in [0.717, 1.165) is 15.6 Å². The monoisotopic (exact) mass is 751 g/mol. The summed E-state index contributed by atoms with van der Waals surface area (Å²) in [5.74, 6) is 0.483. The van der Waals surface area contributed by atoms with Crippen LogP contribution < -0.4 is 4.74 Å². The molecule has 0 radical (unpaired) electrons. The number of amidine groups is 1. The molecule has 0 saturated carbocycles. The Balaban J connectivity index is 1.73. The third-order valence-corrected chi connectivity index (χ3v) is 12.9. The molecule has 1 saturated heterocycles. The fraction of sp³-hybridized carbons (Fsp3) is 0.394. The van der Waals surface area contributed by atoms with Gasteiger partial charge in [-0.25, -0.2) is 21.6 Å². The molecule has 2 atom stereocenters. The minimum atomic E-state index is -4.13. The molecular weight excluding hydrogens is 713 g/mol. The summed E-state index contributed by atoms with van der Waals surface area (Å²) in [7, 11) is -5.03. The molecule has 1 fully saturated rings. The zero-order valence-electron chi connectivity index (χ0n) is 27.8. The van der Waals surface area contributed by atoms with E-state index in [9.17, 15) is 21.6 Å². The minimum Gasteiger partial charge on any atom is -0.493 e. The number of ether oxygens (including phenoxy) is 1. The van der Waals surface area contributed by atoms with Gasteiger partial charge in [-0.1, -0.05) is 51.9 Å². The summed E-state index contributed by atoms with van der Waals surface area (Å²) < 4.78 is 60.7. The number of aryl methyl sites for hydroxylation is 1. The van der Waals surface area contributed by atoms with E-state index in [-0.39, 0.29) is 54.8 Å². The smallest absolute Gasteiger partial charge is 0.326 e. The molecule has 2 aliphatic rings. The highest BCUT2D eigenvalue weighted by Gasteiger charge is 2.45. The third kappa shape index (κ3) is 7.46. The highest BCUT2D eigenvalue weighted by Crippen LogP contribution is 2.46. The quantitative estimate of drug-likeness (QED) is 0.250. The van der Waals surface area contributed by atoms with E-state index in [1.54, 1.807) is 60.9 Å². The molecule has 264 valence electrons. The Hall–Kier alpha value is -3.24. The third-order valence-electron chi connectivity index (χ3n) is 8.65. The average Bonchev–Trinajstić information content (AvgIpc) is 3.48. The second kappa shape index (κ2) is 14.9. The average molecular weight is 753 g/mol. The summed E-state index contributed by atoms with van der Waals surface area (Å²) in [6.07, 6.45) is 0. The molecule has 0 unspecified atom stereocenters. The number of nitrogens with zero attached hydrogens (tertiary/aromatic N) is 5. The number of amides is 2. The topological polar surface area (TPSA) is 129 Å². The van der Waals surface area contributed by atoms with Crippen molar-refractivity contribution < 1.29 is 31.2 Å². The predicted octanol–water partition coefficient (Wildman–Crippen LogP) is 5.51. The van der Waals surface area contributed by atoms with Crippen LogP contribution in [0, 0.1) is 6.92 Å². The van der Waals surface area contributed by atoms with Gasteiger partial charge in [-0.2, -0.15) is 4.31 Å². The molecule has 0 aromatic heterocycles. The van der Waals surface area contributed by atoms with Gasteiger partial charge in [0.25, 0.3) is 10.0 Å². The molecule has 0 spiro atoms. The number of carbonyl (C=O) groups excluding carboxylic acids is 1. The van der Waals surface area contributed by atoms with Crippen molar-refractivity contribution in [3.8, 4) is 5.75 Å². The number of urea groups is 1. The second-order valence-electron chi connectivity index (χ2n) is 11.5. The largest absolute Gasteiger partial charge is 0.493 e. The summed E-state index contributed by atoms with van der Waals surface area (Å²) in [5.41, 5.74) is 2.17. The van der Waals surface area contributed by atoms with Crippen LogP contribution in [0.1, 0.15) is 48.2 Å². The molecule has 3 aromatic carbocycles. The number of hydroxylamine groups is 1. The molecule has 0 aliphatic carbocycles. The number of hydrogen-bond acceptors (Lipinski definition) is 8. The molecule has 5 rings (SSSR count). The van der Waals surface area contributed by atoms with Gasteiger partial charge in [-0.3, -0.25) is 14.7 Å². The van der Waals surface area contributed by atoms with E-state index < -0.39 is 38.2 Å². The molecule has 0 N–H and O–H groups in total. The SMILES string of the molecule is CCOc1cc(C)c(S(=O)(=O)N(C)OC)cc1C1=N[C@@H](c2ccc(Cl)cc2)[C@@H](c2ccc(Cl)cc2)N1C(=O)N1CCN(S(=O)(=O)CC)CC1. The Bertz CT molecular complexity index is 1930. The van der Waals surface area contributed by atoms with Crippen molar-refractivity contribution in [2.45, 2.75) is 37.8 Å². The van der Waals surface area contributed by atoms with Crippen LogP contribution in [0.2, 0.25) is 10.0 Å². The molecule has 16 heteroatoms. The molecular formula is C33H39Cl2N5O7S2. The molecule has 3 aromatic rings. The van der Waals surface area contributed by atoms with Crippen molar-refractivity contribution in [3.05, 3.63) is 93.0 Å². The first-order chi connectivity index (χ1) is 23.2. The van der Waals surface area contributed by atoms with Crippen LogP contribution in [0.5, 0.6) is 5.75 Å². The van der Waals surface area contributed by atoms with Crippen LogP contribution in [0.25, 0.3) is 0 Å². The van der Waals surface area contributed by atoms with Crippen molar-refractivity contribution in [1.29, 1.82) is 0 Å². The minimum absolute atomic E-state index is 0.0393. The fourth-order valence-electron chi connectivity index (χ4n) is 5.97. The van der Waals surface area contributed by atoms with Crippen molar-refractivity contribution in [3.63, 3.8) is 0 Å². The Morgan fingerprint density at radius 3 is 2.02 bits per heavy atom. The Morgan fingerprint density at radius 1 is 0.918 bits per heavy atom. The van der Waals surface area contributed by atoms with Crippen LogP contribution in [0.4, 0.5) is 4.79 Å². The predicted molar refractivity (Wildman–Crippen MR) is 189 cm³/mol. The van der Waals surface area contributed by atoms with Crippen LogP contribution in [-0.4, -0.2) is 100.0 Å². The van der Waals surface area contributed by atoms with Gasteiger partial charge in [0.1, 0.15) is 17.6 Å². The second-order valence-corrected chi connectivity index (χ2v) is 16.6. The molecule has 49 heavy (non-hydrogen) atoms.